The molecule has 0 saturated carbocycles. The molecule has 8 heteroatoms. The maximum absolute atomic E-state index is 13.6. The molecule has 0 bridgehead atoms. The van der Waals surface area contributed by atoms with Crippen LogP contribution < -0.4 is 5.73 Å². The van der Waals surface area contributed by atoms with Gasteiger partial charge >= 0.3 is 0 Å². The average molecular weight is 315 g/mol. The third-order valence-electron chi connectivity index (χ3n) is 3.72. The van der Waals surface area contributed by atoms with E-state index in [0.717, 1.165) is 10.4 Å². The molecular weight excluding hydrogens is 297 g/mol. The summed E-state index contributed by atoms with van der Waals surface area (Å²) >= 11 is 0. The summed E-state index contributed by atoms with van der Waals surface area (Å²) in [6.07, 6.45) is 0. The summed E-state index contributed by atoms with van der Waals surface area (Å²) in [7, 11) is -2.26. The van der Waals surface area contributed by atoms with Gasteiger partial charge in [0.15, 0.2) is 0 Å². The van der Waals surface area contributed by atoms with E-state index in [0.29, 0.717) is 6.54 Å². The van der Waals surface area contributed by atoms with E-state index >= 15 is 0 Å². The molecule has 0 radical (unpaired) electrons. The lowest BCUT2D eigenvalue weighted by Gasteiger charge is -2.32. The number of aryl methyl sites for hydroxylation is 1. The number of benzene rings is 1. The van der Waals surface area contributed by atoms with E-state index in [4.69, 9.17) is 5.73 Å². The molecule has 1 aliphatic heterocycles. The van der Waals surface area contributed by atoms with Gasteiger partial charge in [-0.2, -0.15) is 4.31 Å². The van der Waals surface area contributed by atoms with Crippen molar-refractivity contribution in [1.29, 1.82) is 0 Å². The van der Waals surface area contributed by atoms with E-state index < -0.39 is 15.8 Å². The molecule has 0 aliphatic carbocycles. The second kappa shape index (κ2) is 5.27. The first kappa shape index (κ1) is 15.7. The lowest BCUT2D eigenvalue weighted by Crippen LogP contribution is -2.50. The summed E-state index contributed by atoms with van der Waals surface area (Å²) in [6, 6.07) is 1.10. The van der Waals surface area contributed by atoms with Gasteiger partial charge in [0.25, 0.3) is 0 Å². The third-order valence-corrected chi connectivity index (χ3v) is 5.86. The Hall–Kier alpha value is -1.67. The Morgan fingerprint density at radius 1 is 1.29 bits per heavy atom. The predicted molar refractivity (Wildman–Crippen MR) is 76.7 cm³/mol. The normalized spacial score (nSPS) is 17.3. The summed E-state index contributed by atoms with van der Waals surface area (Å²) in [6.45, 7) is 3.30. The SMILES string of the molecule is Cc1cc(F)c(N)c(C)c1S(=O)(=O)N1CCN(C)C(=O)C1. The number of rotatable bonds is 2. The van der Waals surface area contributed by atoms with Gasteiger partial charge < -0.3 is 10.6 Å². The second-order valence-electron chi connectivity index (χ2n) is 5.20. The summed E-state index contributed by atoms with van der Waals surface area (Å²) < 4.78 is 40.1. The zero-order valence-corrected chi connectivity index (χ0v) is 13.0. The Balaban J connectivity index is 2.51. The number of likely N-dealkylation sites (N-methyl/N-ethyl adjacent to an activating group) is 1. The lowest BCUT2D eigenvalue weighted by molar-refractivity contribution is -0.132. The van der Waals surface area contributed by atoms with Crippen molar-refractivity contribution in [2.24, 2.45) is 0 Å². The number of sulfonamides is 1. The molecule has 2 rings (SSSR count). The number of carbonyl (C=O) groups is 1. The highest BCUT2D eigenvalue weighted by atomic mass is 32.2. The third kappa shape index (κ3) is 2.60. The highest BCUT2D eigenvalue weighted by molar-refractivity contribution is 7.89. The van der Waals surface area contributed by atoms with Crippen LogP contribution in [0.4, 0.5) is 10.1 Å². The van der Waals surface area contributed by atoms with Gasteiger partial charge in [0.2, 0.25) is 15.9 Å². The Labute approximate surface area is 123 Å². The molecule has 1 heterocycles. The number of halogens is 1. The van der Waals surface area contributed by atoms with Crippen molar-refractivity contribution in [3.63, 3.8) is 0 Å². The predicted octanol–water partition coefficient (Wildman–Crippen LogP) is 0.487. The Morgan fingerprint density at radius 3 is 2.48 bits per heavy atom. The van der Waals surface area contributed by atoms with Crippen LogP contribution in [0.1, 0.15) is 11.1 Å². The standard InChI is InChI=1S/C13H18FN3O3S/c1-8-6-10(14)12(15)9(2)13(8)21(19,20)17-5-4-16(3)11(18)7-17/h6H,4-5,7,15H2,1-3H3. The molecule has 1 fully saturated rings. The molecule has 21 heavy (non-hydrogen) atoms. The van der Waals surface area contributed by atoms with Crippen LogP contribution in [-0.4, -0.2) is 50.2 Å². The van der Waals surface area contributed by atoms with E-state index in [1.54, 1.807) is 7.05 Å². The topological polar surface area (TPSA) is 83.7 Å². The van der Waals surface area contributed by atoms with Gasteiger partial charge in [-0.25, -0.2) is 12.8 Å². The van der Waals surface area contributed by atoms with E-state index in [1.807, 2.05) is 0 Å². The maximum Gasteiger partial charge on any atom is 0.244 e. The van der Waals surface area contributed by atoms with Gasteiger partial charge in [0.1, 0.15) is 5.82 Å². The van der Waals surface area contributed by atoms with Crippen LogP contribution >= 0.6 is 0 Å². The largest absolute Gasteiger partial charge is 0.396 e. The smallest absolute Gasteiger partial charge is 0.244 e. The Kier molecular flexibility index (Phi) is 3.94. The van der Waals surface area contributed by atoms with Crippen molar-refractivity contribution >= 4 is 21.6 Å². The van der Waals surface area contributed by atoms with Crippen molar-refractivity contribution in [2.75, 3.05) is 32.4 Å². The molecule has 0 atom stereocenters. The molecule has 6 nitrogen and oxygen atoms in total. The van der Waals surface area contributed by atoms with E-state index in [1.165, 1.54) is 18.7 Å². The van der Waals surface area contributed by atoms with Crippen LogP contribution in [-0.2, 0) is 14.8 Å². The molecule has 1 aromatic rings. The van der Waals surface area contributed by atoms with E-state index in [2.05, 4.69) is 0 Å². The van der Waals surface area contributed by atoms with Crippen molar-refractivity contribution in [2.45, 2.75) is 18.7 Å². The van der Waals surface area contributed by atoms with Gasteiger partial charge in [-0.15, -0.1) is 0 Å². The number of nitrogen functional groups attached to an aromatic ring is 1. The average Bonchev–Trinajstić information content (AvgIpc) is 2.39. The molecule has 1 aromatic carbocycles. The van der Waals surface area contributed by atoms with Crippen LogP contribution in [0.3, 0.4) is 0 Å². The van der Waals surface area contributed by atoms with Gasteiger partial charge in [0.05, 0.1) is 17.1 Å². The zero-order valence-electron chi connectivity index (χ0n) is 12.2. The molecule has 116 valence electrons. The number of hydrogen-bond acceptors (Lipinski definition) is 4. The van der Waals surface area contributed by atoms with Crippen molar-refractivity contribution in [3.05, 3.63) is 23.0 Å². The summed E-state index contributed by atoms with van der Waals surface area (Å²) in [5, 5.41) is 0. The molecule has 1 aliphatic rings. The van der Waals surface area contributed by atoms with Gasteiger partial charge in [-0.1, -0.05) is 0 Å². The highest BCUT2D eigenvalue weighted by Gasteiger charge is 2.34. The summed E-state index contributed by atoms with van der Waals surface area (Å²) in [4.78, 5) is 13.2. The number of anilines is 1. The minimum atomic E-state index is -3.88. The number of nitrogens with two attached hydrogens (primary N) is 1. The van der Waals surface area contributed by atoms with Crippen molar-refractivity contribution in [1.82, 2.24) is 9.21 Å². The molecule has 0 spiro atoms. The Morgan fingerprint density at radius 2 is 1.90 bits per heavy atom. The second-order valence-corrected chi connectivity index (χ2v) is 7.07. The molecule has 1 amide bonds. The van der Waals surface area contributed by atoms with Crippen molar-refractivity contribution in [3.8, 4) is 0 Å². The fourth-order valence-corrected chi connectivity index (χ4v) is 4.22. The van der Waals surface area contributed by atoms with Gasteiger partial charge in [-0.3, -0.25) is 4.79 Å². The fourth-order valence-electron chi connectivity index (χ4n) is 2.40. The van der Waals surface area contributed by atoms with Gasteiger partial charge in [-0.05, 0) is 31.0 Å². The minimum absolute atomic E-state index is 0.0150. The zero-order chi connectivity index (χ0) is 15.9. The number of nitrogens with zero attached hydrogens (tertiary/aromatic N) is 2. The molecular formula is C13H18FN3O3S. The van der Waals surface area contributed by atoms with Crippen LogP contribution in [0, 0.1) is 19.7 Å². The highest BCUT2D eigenvalue weighted by Crippen LogP contribution is 2.30. The number of hydrogen-bond donors (Lipinski definition) is 1. The Bertz CT molecular complexity index is 703. The van der Waals surface area contributed by atoms with Gasteiger partial charge in [0, 0.05) is 20.1 Å². The first-order valence-electron chi connectivity index (χ1n) is 6.45. The summed E-state index contributed by atoms with van der Waals surface area (Å²) in [5.74, 6) is -0.909. The first-order valence-corrected chi connectivity index (χ1v) is 7.89. The van der Waals surface area contributed by atoms with Crippen LogP contribution in [0.5, 0.6) is 0 Å². The summed E-state index contributed by atoms with van der Waals surface area (Å²) in [5.41, 5.74) is 5.88. The number of piperazine rings is 1. The number of carbonyl (C=O) groups excluding carboxylic acids is 1. The van der Waals surface area contributed by atoms with E-state index in [9.17, 15) is 17.6 Å². The maximum atomic E-state index is 13.6. The quantitative estimate of drug-likeness (QED) is 0.805. The van der Waals surface area contributed by atoms with E-state index in [-0.39, 0.29) is 40.7 Å². The van der Waals surface area contributed by atoms with Crippen molar-refractivity contribution < 1.29 is 17.6 Å². The van der Waals surface area contributed by atoms with Crippen LogP contribution in [0.2, 0.25) is 0 Å². The molecule has 0 unspecified atom stereocenters. The minimum Gasteiger partial charge on any atom is -0.396 e. The first-order chi connectivity index (χ1) is 9.66. The molecule has 0 aromatic heterocycles. The van der Waals surface area contributed by atoms with Crippen LogP contribution in [0.15, 0.2) is 11.0 Å². The monoisotopic (exact) mass is 315 g/mol. The lowest BCUT2D eigenvalue weighted by atomic mass is 10.1. The molecule has 2 N–H and O–H groups in total. The fraction of sp³-hybridized carbons (Fsp3) is 0.462. The molecule has 1 saturated heterocycles. The number of amides is 1. The van der Waals surface area contributed by atoms with Crippen LogP contribution in [0.25, 0.3) is 0 Å².